The number of hydrogen-bond donors (Lipinski definition) is 1. The zero-order valence-electron chi connectivity index (χ0n) is 12.7. The second kappa shape index (κ2) is 6.23. The van der Waals surface area contributed by atoms with Crippen LogP contribution >= 0.6 is 0 Å². The molecule has 1 nitrogen and oxygen atoms in total. The summed E-state index contributed by atoms with van der Waals surface area (Å²) in [6.07, 6.45) is 1.81. The zero-order valence-corrected chi connectivity index (χ0v) is 12.7. The Balaban J connectivity index is 2.36. The molecule has 0 heterocycles. The topological polar surface area (TPSA) is 20.2 Å². The van der Waals surface area contributed by atoms with E-state index < -0.39 is 0 Å². The van der Waals surface area contributed by atoms with Crippen molar-refractivity contribution < 1.29 is 5.11 Å². The molecule has 0 aliphatic heterocycles. The van der Waals surface area contributed by atoms with Gasteiger partial charge >= 0.3 is 0 Å². The average molecular weight is 268 g/mol. The molecule has 0 radical (unpaired) electrons. The fourth-order valence-corrected chi connectivity index (χ4v) is 2.79. The number of aliphatic hydroxyl groups is 1. The highest BCUT2D eigenvalue weighted by Gasteiger charge is 2.29. The SMILES string of the molecule is CCC(CO)(Cc1ccc(C)c(C)c1)c1ccccc1. The van der Waals surface area contributed by atoms with Gasteiger partial charge in [-0.3, -0.25) is 0 Å². The maximum Gasteiger partial charge on any atom is 0.0531 e. The van der Waals surface area contributed by atoms with Crippen LogP contribution in [-0.4, -0.2) is 11.7 Å². The van der Waals surface area contributed by atoms with Crippen LogP contribution in [0.25, 0.3) is 0 Å². The Bertz CT molecular complexity index is 553. The number of hydrogen-bond acceptors (Lipinski definition) is 1. The molecule has 0 aliphatic carbocycles. The number of benzene rings is 2. The maximum absolute atomic E-state index is 10.0. The first-order valence-electron chi connectivity index (χ1n) is 7.34. The first-order valence-corrected chi connectivity index (χ1v) is 7.34. The summed E-state index contributed by atoms with van der Waals surface area (Å²) in [5.74, 6) is 0. The number of aryl methyl sites for hydroxylation is 2. The molecule has 0 aliphatic rings. The van der Waals surface area contributed by atoms with E-state index in [0.29, 0.717) is 0 Å². The van der Waals surface area contributed by atoms with Crippen molar-refractivity contribution in [1.82, 2.24) is 0 Å². The highest BCUT2D eigenvalue weighted by Crippen LogP contribution is 2.32. The second-order valence-corrected chi connectivity index (χ2v) is 5.75. The third-order valence-electron chi connectivity index (χ3n) is 4.48. The molecule has 1 unspecified atom stereocenters. The summed E-state index contributed by atoms with van der Waals surface area (Å²) in [7, 11) is 0. The Morgan fingerprint density at radius 3 is 2.20 bits per heavy atom. The van der Waals surface area contributed by atoms with Gasteiger partial charge in [-0.15, -0.1) is 0 Å². The minimum Gasteiger partial charge on any atom is -0.395 e. The Kier molecular flexibility index (Phi) is 4.61. The molecule has 0 fully saturated rings. The summed E-state index contributed by atoms with van der Waals surface area (Å²) in [6, 6.07) is 17.0. The number of rotatable bonds is 5. The Hall–Kier alpha value is -1.60. The van der Waals surface area contributed by atoms with E-state index in [9.17, 15) is 5.11 Å². The van der Waals surface area contributed by atoms with Gasteiger partial charge in [-0.05, 0) is 48.9 Å². The molecule has 2 aromatic carbocycles. The lowest BCUT2D eigenvalue weighted by atomic mass is 9.74. The van der Waals surface area contributed by atoms with Crippen LogP contribution in [0, 0.1) is 13.8 Å². The highest BCUT2D eigenvalue weighted by molar-refractivity contribution is 5.34. The molecule has 1 N–H and O–H groups in total. The molecule has 0 amide bonds. The molecular weight excluding hydrogens is 244 g/mol. The van der Waals surface area contributed by atoms with Crippen molar-refractivity contribution in [2.75, 3.05) is 6.61 Å². The monoisotopic (exact) mass is 268 g/mol. The third kappa shape index (κ3) is 2.94. The van der Waals surface area contributed by atoms with Gasteiger partial charge in [0, 0.05) is 5.41 Å². The molecule has 0 aromatic heterocycles. The van der Waals surface area contributed by atoms with Crippen LogP contribution in [0.3, 0.4) is 0 Å². The van der Waals surface area contributed by atoms with Crippen molar-refractivity contribution in [2.45, 2.75) is 39.0 Å². The van der Waals surface area contributed by atoms with Gasteiger partial charge in [-0.2, -0.15) is 0 Å². The summed E-state index contributed by atoms with van der Waals surface area (Å²) in [6.45, 7) is 6.62. The third-order valence-corrected chi connectivity index (χ3v) is 4.48. The van der Waals surface area contributed by atoms with Crippen molar-refractivity contribution in [3.05, 3.63) is 70.8 Å². The van der Waals surface area contributed by atoms with E-state index in [-0.39, 0.29) is 12.0 Å². The summed E-state index contributed by atoms with van der Waals surface area (Å²) < 4.78 is 0. The molecule has 2 rings (SSSR count). The summed E-state index contributed by atoms with van der Waals surface area (Å²) in [5.41, 5.74) is 4.98. The van der Waals surface area contributed by atoms with E-state index in [0.717, 1.165) is 12.8 Å². The van der Waals surface area contributed by atoms with E-state index >= 15 is 0 Å². The smallest absolute Gasteiger partial charge is 0.0531 e. The molecule has 0 spiro atoms. The molecular formula is C19H24O. The quantitative estimate of drug-likeness (QED) is 0.862. The number of aliphatic hydroxyl groups excluding tert-OH is 1. The van der Waals surface area contributed by atoms with Gasteiger partial charge in [0.25, 0.3) is 0 Å². The average Bonchev–Trinajstić information content (AvgIpc) is 2.49. The van der Waals surface area contributed by atoms with E-state index in [2.05, 4.69) is 63.2 Å². The van der Waals surface area contributed by atoms with Crippen molar-refractivity contribution in [3.8, 4) is 0 Å². The summed E-state index contributed by atoms with van der Waals surface area (Å²) >= 11 is 0. The van der Waals surface area contributed by atoms with E-state index in [4.69, 9.17) is 0 Å². The summed E-state index contributed by atoms with van der Waals surface area (Å²) in [5, 5.41) is 10.0. The maximum atomic E-state index is 10.0. The van der Waals surface area contributed by atoms with Gasteiger partial charge in [0.1, 0.15) is 0 Å². The van der Waals surface area contributed by atoms with Gasteiger partial charge in [0.2, 0.25) is 0 Å². The molecule has 0 saturated carbocycles. The van der Waals surface area contributed by atoms with E-state index in [1.165, 1.54) is 22.3 Å². The summed E-state index contributed by atoms with van der Waals surface area (Å²) in [4.78, 5) is 0. The molecule has 106 valence electrons. The van der Waals surface area contributed by atoms with Crippen LogP contribution in [0.5, 0.6) is 0 Å². The first kappa shape index (κ1) is 14.8. The predicted octanol–water partition coefficient (Wildman–Crippen LogP) is 4.19. The lowest BCUT2D eigenvalue weighted by Gasteiger charge is -2.32. The molecule has 20 heavy (non-hydrogen) atoms. The van der Waals surface area contributed by atoms with Crippen LogP contribution in [-0.2, 0) is 11.8 Å². The van der Waals surface area contributed by atoms with Gasteiger partial charge in [0.15, 0.2) is 0 Å². The Labute approximate surface area is 122 Å². The van der Waals surface area contributed by atoms with Gasteiger partial charge in [-0.1, -0.05) is 55.5 Å². The van der Waals surface area contributed by atoms with Gasteiger partial charge in [0.05, 0.1) is 6.61 Å². The van der Waals surface area contributed by atoms with Crippen LogP contribution in [0.2, 0.25) is 0 Å². The highest BCUT2D eigenvalue weighted by atomic mass is 16.3. The minimum atomic E-state index is -0.178. The fourth-order valence-electron chi connectivity index (χ4n) is 2.79. The van der Waals surface area contributed by atoms with Crippen LogP contribution < -0.4 is 0 Å². The minimum absolute atomic E-state index is 0.178. The van der Waals surface area contributed by atoms with Gasteiger partial charge < -0.3 is 5.11 Å². The fraction of sp³-hybridized carbons (Fsp3) is 0.368. The predicted molar refractivity (Wildman–Crippen MR) is 85.1 cm³/mol. The lowest BCUT2D eigenvalue weighted by Crippen LogP contribution is -2.32. The van der Waals surface area contributed by atoms with Gasteiger partial charge in [-0.25, -0.2) is 0 Å². The van der Waals surface area contributed by atoms with E-state index in [1.54, 1.807) is 0 Å². The van der Waals surface area contributed by atoms with Crippen molar-refractivity contribution in [3.63, 3.8) is 0 Å². The van der Waals surface area contributed by atoms with Crippen molar-refractivity contribution in [1.29, 1.82) is 0 Å². The Morgan fingerprint density at radius 1 is 0.950 bits per heavy atom. The lowest BCUT2D eigenvalue weighted by molar-refractivity contribution is 0.186. The van der Waals surface area contributed by atoms with Crippen LogP contribution in [0.4, 0.5) is 0 Å². The standard InChI is InChI=1S/C19H24O/c1-4-19(14-20,18-8-6-5-7-9-18)13-17-11-10-15(2)16(3)12-17/h5-12,20H,4,13-14H2,1-3H3. The van der Waals surface area contributed by atoms with E-state index in [1.807, 2.05) is 6.07 Å². The zero-order chi connectivity index (χ0) is 14.6. The molecule has 2 aromatic rings. The molecule has 1 atom stereocenters. The van der Waals surface area contributed by atoms with Crippen LogP contribution in [0.15, 0.2) is 48.5 Å². The molecule has 0 bridgehead atoms. The normalized spacial score (nSPS) is 14.0. The van der Waals surface area contributed by atoms with Crippen molar-refractivity contribution >= 4 is 0 Å². The van der Waals surface area contributed by atoms with Crippen LogP contribution in [0.1, 0.15) is 35.6 Å². The molecule has 1 heteroatoms. The second-order valence-electron chi connectivity index (χ2n) is 5.75. The first-order chi connectivity index (χ1) is 9.61. The molecule has 0 saturated heterocycles. The van der Waals surface area contributed by atoms with Crippen molar-refractivity contribution in [2.24, 2.45) is 0 Å². The Morgan fingerprint density at radius 2 is 1.65 bits per heavy atom. The largest absolute Gasteiger partial charge is 0.395 e.